The SMILES string of the molecule is NCCCCCCc1nc2c([nH]1)Cc1cc(Cl)ccc1-2. The van der Waals surface area contributed by atoms with Crippen LogP contribution < -0.4 is 5.73 Å². The number of H-pyrrole nitrogens is 1. The van der Waals surface area contributed by atoms with Gasteiger partial charge in [-0.15, -0.1) is 0 Å². The quantitative estimate of drug-likeness (QED) is 0.680. The molecule has 0 amide bonds. The Kier molecular flexibility index (Phi) is 4.08. The second-order valence-corrected chi connectivity index (χ2v) is 5.88. The van der Waals surface area contributed by atoms with Crippen molar-refractivity contribution in [3.63, 3.8) is 0 Å². The Balaban J connectivity index is 1.65. The molecule has 0 atom stereocenters. The van der Waals surface area contributed by atoms with Crippen LogP contribution in [0, 0.1) is 0 Å². The third-order valence-corrected chi connectivity index (χ3v) is 4.12. The lowest BCUT2D eigenvalue weighted by Crippen LogP contribution is -1.98. The molecule has 0 saturated carbocycles. The topological polar surface area (TPSA) is 54.7 Å². The molecule has 2 aromatic rings. The zero-order chi connectivity index (χ0) is 13.9. The molecular formula is C16H20ClN3. The Labute approximate surface area is 124 Å². The van der Waals surface area contributed by atoms with Gasteiger partial charge in [0.25, 0.3) is 0 Å². The molecule has 3 N–H and O–H groups in total. The van der Waals surface area contributed by atoms with E-state index in [1.807, 2.05) is 12.1 Å². The first-order valence-corrected chi connectivity index (χ1v) is 7.72. The Morgan fingerprint density at radius 2 is 2.05 bits per heavy atom. The van der Waals surface area contributed by atoms with E-state index in [2.05, 4.69) is 11.1 Å². The van der Waals surface area contributed by atoms with Gasteiger partial charge in [-0.3, -0.25) is 0 Å². The van der Waals surface area contributed by atoms with Gasteiger partial charge in [-0.1, -0.05) is 30.5 Å². The summed E-state index contributed by atoms with van der Waals surface area (Å²) in [5, 5.41) is 0.800. The summed E-state index contributed by atoms with van der Waals surface area (Å²) in [6, 6.07) is 6.06. The molecule has 1 aliphatic rings. The zero-order valence-corrected chi connectivity index (χ0v) is 12.3. The molecule has 1 aliphatic carbocycles. The first-order valence-electron chi connectivity index (χ1n) is 7.34. The van der Waals surface area contributed by atoms with Gasteiger partial charge in [0.15, 0.2) is 0 Å². The summed E-state index contributed by atoms with van der Waals surface area (Å²) >= 11 is 6.04. The van der Waals surface area contributed by atoms with Crippen LogP contribution in [0.15, 0.2) is 18.2 Å². The Morgan fingerprint density at radius 1 is 1.20 bits per heavy atom. The summed E-state index contributed by atoms with van der Waals surface area (Å²) in [6.07, 6.45) is 6.71. The van der Waals surface area contributed by atoms with Crippen molar-refractivity contribution in [1.82, 2.24) is 9.97 Å². The molecular weight excluding hydrogens is 270 g/mol. The number of imidazole rings is 1. The maximum atomic E-state index is 6.04. The minimum absolute atomic E-state index is 0.800. The number of nitrogens with zero attached hydrogens (tertiary/aromatic N) is 1. The highest BCUT2D eigenvalue weighted by atomic mass is 35.5. The molecule has 0 aliphatic heterocycles. The van der Waals surface area contributed by atoms with Crippen LogP contribution in [0.5, 0.6) is 0 Å². The summed E-state index contributed by atoms with van der Waals surface area (Å²) in [5.41, 5.74) is 10.4. The Hall–Kier alpha value is -1.32. The fourth-order valence-electron chi connectivity index (χ4n) is 2.85. The lowest BCUT2D eigenvalue weighted by Gasteiger charge is -2.01. The van der Waals surface area contributed by atoms with E-state index in [9.17, 15) is 0 Å². The molecule has 1 aromatic heterocycles. The highest BCUT2D eigenvalue weighted by Gasteiger charge is 2.22. The number of benzene rings is 1. The number of rotatable bonds is 6. The van der Waals surface area contributed by atoms with Crippen LogP contribution in [0.4, 0.5) is 0 Å². The largest absolute Gasteiger partial charge is 0.345 e. The van der Waals surface area contributed by atoms with Crippen molar-refractivity contribution in [3.8, 4) is 11.3 Å². The minimum atomic E-state index is 0.800. The van der Waals surface area contributed by atoms with Gasteiger partial charge >= 0.3 is 0 Å². The van der Waals surface area contributed by atoms with Crippen LogP contribution >= 0.6 is 11.6 Å². The highest BCUT2D eigenvalue weighted by molar-refractivity contribution is 6.30. The fraction of sp³-hybridized carbons (Fsp3) is 0.438. The van der Waals surface area contributed by atoms with Gasteiger partial charge in [0.1, 0.15) is 5.82 Å². The Morgan fingerprint density at radius 3 is 2.90 bits per heavy atom. The first-order chi connectivity index (χ1) is 9.78. The van der Waals surface area contributed by atoms with Crippen LogP contribution in [0.3, 0.4) is 0 Å². The van der Waals surface area contributed by atoms with Gasteiger partial charge in [0.05, 0.1) is 5.69 Å². The highest BCUT2D eigenvalue weighted by Crippen LogP contribution is 2.36. The predicted molar refractivity (Wildman–Crippen MR) is 83.1 cm³/mol. The molecule has 0 unspecified atom stereocenters. The van der Waals surface area contributed by atoms with E-state index in [0.29, 0.717) is 0 Å². The van der Waals surface area contributed by atoms with E-state index in [4.69, 9.17) is 22.3 Å². The number of fused-ring (bicyclic) bond motifs is 3. The van der Waals surface area contributed by atoms with Gasteiger partial charge in [-0.2, -0.15) is 0 Å². The van der Waals surface area contributed by atoms with Crippen LogP contribution in [-0.4, -0.2) is 16.5 Å². The molecule has 1 heterocycles. The predicted octanol–water partition coefficient (Wildman–Crippen LogP) is 3.70. The van der Waals surface area contributed by atoms with Crippen LogP contribution in [-0.2, 0) is 12.8 Å². The summed E-state index contributed by atoms with van der Waals surface area (Å²) in [5.74, 6) is 1.11. The molecule has 106 valence electrons. The number of nitrogens with two attached hydrogens (primary N) is 1. The normalized spacial score (nSPS) is 12.5. The summed E-state index contributed by atoms with van der Waals surface area (Å²) in [6.45, 7) is 0.800. The first kappa shape index (κ1) is 13.7. The van der Waals surface area contributed by atoms with Gasteiger partial charge in [-0.05, 0) is 37.1 Å². The van der Waals surface area contributed by atoms with Gasteiger partial charge in [0, 0.05) is 29.1 Å². The molecule has 0 saturated heterocycles. The lowest BCUT2D eigenvalue weighted by atomic mass is 10.1. The van der Waals surface area contributed by atoms with Crippen LogP contribution in [0.1, 0.15) is 42.8 Å². The van der Waals surface area contributed by atoms with Crippen molar-refractivity contribution in [2.75, 3.05) is 6.54 Å². The number of hydrogen-bond donors (Lipinski definition) is 2. The molecule has 0 fully saturated rings. The number of hydrogen-bond acceptors (Lipinski definition) is 2. The number of halogens is 1. The second kappa shape index (κ2) is 5.98. The Bertz CT molecular complexity index is 604. The minimum Gasteiger partial charge on any atom is -0.345 e. The number of aromatic nitrogens is 2. The number of unbranched alkanes of at least 4 members (excludes halogenated alkanes) is 3. The van der Waals surface area contributed by atoms with Crippen molar-refractivity contribution in [1.29, 1.82) is 0 Å². The molecule has 4 heteroatoms. The lowest BCUT2D eigenvalue weighted by molar-refractivity contribution is 0.637. The molecule has 1 aromatic carbocycles. The molecule has 0 spiro atoms. The fourth-order valence-corrected chi connectivity index (χ4v) is 3.05. The standard InChI is InChI=1S/C16H20ClN3/c17-12-6-7-13-11(9-12)10-14-16(13)20-15(19-14)5-3-1-2-4-8-18/h6-7,9H,1-5,8,10,18H2,(H,19,20). The zero-order valence-electron chi connectivity index (χ0n) is 11.6. The van der Waals surface area contributed by atoms with E-state index in [1.165, 1.54) is 36.1 Å². The van der Waals surface area contributed by atoms with E-state index >= 15 is 0 Å². The molecule has 3 nitrogen and oxygen atoms in total. The van der Waals surface area contributed by atoms with Gasteiger partial charge < -0.3 is 10.7 Å². The molecule has 20 heavy (non-hydrogen) atoms. The number of aromatic amines is 1. The van der Waals surface area contributed by atoms with Gasteiger partial charge in [0.2, 0.25) is 0 Å². The molecule has 0 bridgehead atoms. The van der Waals surface area contributed by atoms with Crippen molar-refractivity contribution >= 4 is 11.6 Å². The monoisotopic (exact) mass is 289 g/mol. The summed E-state index contributed by atoms with van der Waals surface area (Å²) < 4.78 is 0. The summed E-state index contributed by atoms with van der Waals surface area (Å²) in [4.78, 5) is 8.23. The average molecular weight is 290 g/mol. The number of aryl methyl sites for hydroxylation is 1. The van der Waals surface area contributed by atoms with Crippen molar-refractivity contribution in [2.24, 2.45) is 5.73 Å². The van der Waals surface area contributed by atoms with Gasteiger partial charge in [-0.25, -0.2) is 4.98 Å². The molecule has 0 radical (unpaired) electrons. The maximum absolute atomic E-state index is 6.04. The maximum Gasteiger partial charge on any atom is 0.107 e. The van der Waals surface area contributed by atoms with Crippen molar-refractivity contribution in [2.45, 2.75) is 38.5 Å². The number of nitrogens with one attached hydrogen (secondary N) is 1. The van der Waals surface area contributed by atoms with Crippen LogP contribution in [0.2, 0.25) is 5.02 Å². The summed E-state index contributed by atoms with van der Waals surface area (Å²) in [7, 11) is 0. The van der Waals surface area contributed by atoms with Crippen LogP contribution in [0.25, 0.3) is 11.3 Å². The van der Waals surface area contributed by atoms with Crippen molar-refractivity contribution < 1.29 is 0 Å². The molecule has 3 rings (SSSR count). The van der Waals surface area contributed by atoms with E-state index in [1.54, 1.807) is 0 Å². The third-order valence-electron chi connectivity index (χ3n) is 3.89. The van der Waals surface area contributed by atoms with E-state index in [0.717, 1.165) is 42.3 Å². The van der Waals surface area contributed by atoms with E-state index < -0.39 is 0 Å². The third kappa shape index (κ3) is 2.74. The smallest absolute Gasteiger partial charge is 0.107 e. The van der Waals surface area contributed by atoms with Crippen molar-refractivity contribution in [3.05, 3.63) is 40.3 Å². The van der Waals surface area contributed by atoms with E-state index in [-0.39, 0.29) is 0 Å². The second-order valence-electron chi connectivity index (χ2n) is 5.44. The average Bonchev–Trinajstić information content (AvgIpc) is 2.95.